The van der Waals surface area contributed by atoms with Gasteiger partial charge in [-0.15, -0.1) is 0 Å². The standard InChI is InChI=1S/C14H21F2NO/c1-4-18-7-5-6-17-11(3)12-9-13(15)10(2)8-14(12)16/h8-9,11,17H,4-7H2,1-3H3. The molecule has 1 rings (SSSR count). The molecule has 0 fully saturated rings. The molecule has 102 valence electrons. The Labute approximate surface area is 107 Å². The van der Waals surface area contributed by atoms with Crippen LogP contribution in [0, 0.1) is 18.6 Å². The van der Waals surface area contributed by atoms with Crippen LogP contribution in [-0.4, -0.2) is 19.8 Å². The molecule has 0 bridgehead atoms. The molecule has 0 aliphatic carbocycles. The highest BCUT2D eigenvalue weighted by Crippen LogP contribution is 2.20. The van der Waals surface area contributed by atoms with Gasteiger partial charge in [0.05, 0.1) is 0 Å². The first-order valence-corrected chi connectivity index (χ1v) is 6.33. The van der Waals surface area contributed by atoms with Crippen molar-refractivity contribution >= 4 is 0 Å². The normalized spacial score (nSPS) is 12.7. The number of hydrogen-bond donors (Lipinski definition) is 1. The van der Waals surface area contributed by atoms with Crippen LogP contribution in [0.1, 0.15) is 37.4 Å². The Balaban J connectivity index is 2.51. The maximum Gasteiger partial charge on any atom is 0.128 e. The van der Waals surface area contributed by atoms with Crippen molar-refractivity contribution in [2.24, 2.45) is 0 Å². The number of ether oxygens (including phenoxy) is 1. The maximum absolute atomic E-state index is 13.7. The van der Waals surface area contributed by atoms with Crippen LogP contribution in [-0.2, 0) is 4.74 Å². The predicted octanol–water partition coefficient (Wildman–Crippen LogP) is 3.35. The summed E-state index contributed by atoms with van der Waals surface area (Å²) in [5.74, 6) is -0.729. The molecule has 1 aromatic carbocycles. The molecule has 0 aromatic heterocycles. The van der Waals surface area contributed by atoms with Gasteiger partial charge in [0.1, 0.15) is 11.6 Å². The van der Waals surface area contributed by atoms with Crippen molar-refractivity contribution in [1.29, 1.82) is 0 Å². The highest BCUT2D eigenvalue weighted by molar-refractivity contribution is 5.27. The zero-order valence-corrected chi connectivity index (χ0v) is 11.2. The number of rotatable bonds is 7. The van der Waals surface area contributed by atoms with Gasteiger partial charge in [-0.3, -0.25) is 0 Å². The van der Waals surface area contributed by atoms with Gasteiger partial charge in [-0.2, -0.15) is 0 Å². The molecule has 0 spiro atoms. The van der Waals surface area contributed by atoms with Crippen molar-refractivity contribution in [3.05, 3.63) is 34.9 Å². The Bertz CT molecular complexity index is 382. The van der Waals surface area contributed by atoms with Crippen LogP contribution in [0.5, 0.6) is 0 Å². The molecule has 0 aliphatic heterocycles. The number of benzene rings is 1. The van der Waals surface area contributed by atoms with E-state index in [0.717, 1.165) is 13.0 Å². The van der Waals surface area contributed by atoms with Gasteiger partial charge in [-0.1, -0.05) is 0 Å². The Morgan fingerprint density at radius 2 is 2.00 bits per heavy atom. The van der Waals surface area contributed by atoms with E-state index in [2.05, 4.69) is 5.32 Å². The van der Waals surface area contributed by atoms with E-state index in [0.29, 0.717) is 24.3 Å². The summed E-state index contributed by atoms with van der Waals surface area (Å²) in [5, 5.41) is 3.16. The lowest BCUT2D eigenvalue weighted by molar-refractivity contribution is 0.144. The van der Waals surface area contributed by atoms with Gasteiger partial charge in [-0.05, 0) is 51.4 Å². The minimum absolute atomic E-state index is 0.207. The lowest BCUT2D eigenvalue weighted by atomic mass is 10.0. The SMILES string of the molecule is CCOCCCNC(C)c1cc(F)c(C)cc1F. The number of hydrogen-bond acceptors (Lipinski definition) is 2. The average Bonchev–Trinajstić information content (AvgIpc) is 2.33. The predicted molar refractivity (Wildman–Crippen MR) is 68.6 cm³/mol. The topological polar surface area (TPSA) is 21.3 Å². The molecule has 0 heterocycles. The molecule has 1 atom stereocenters. The van der Waals surface area contributed by atoms with E-state index in [-0.39, 0.29) is 17.7 Å². The van der Waals surface area contributed by atoms with Crippen molar-refractivity contribution in [2.75, 3.05) is 19.8 Å². The zero-order valence-electron chi connectivity index (χ0n) is 11.2. The summed E-state index contributed by atoms with van der Waals surface area (Å²) in [6.45, 7) is 7.43. The van der Waals surface area contributed by atoms with Crippen molar-refractivity contribution in [2.45, 2.75) is 33.2 Å². The summed E-state index contributed by atoms with van der Waals surface area (Å²) in [4.78, 5) is 0. The molecule has 1 unspecified atom stereocenters. The van der Waals surface area contributed by atoms with E-state index in [1.54, 1.807) is 6.92 Å². The summed E-state index contributed by atoms with van der Waals surface area (Å²) < 4.78 is 32.3. The largest absolute Gasteiger partial charge is 0.382 e. The van der Waals surface area contributed by atoms with Crippen LogP contribution in [0.15, 0.2) is 12.1 Å². The third kappa shape index (κ3) is 4.35. The molecule has 1 N–H and O–H groups in total. The second kappa shape index (κ2) is 7.44. The molecule has 2 nitrogen and oxygen atoms in total. The molecule has 1 aromatic rings. The molecule has 0 aliphatic rings. The van der Waals surface area contributed by atoms with E-state index in [1.807, 2.05) is 13.8 Å². The van der Waals surface area contributed by atoms with Gasteiger partial charge in [-0.25, -0.2) is 8.78 Å². The van der Waals surface area contributed by atoms with Crippen molar-refractivity contribution < 1.29 is 13.5 Å². The smallest absolute Gasteiger partial charge is 0.128 e. The third-order valence-corrected chi connectivity index (χ3v) is 2.86. The van der Waals surface area contributed by atoms with E-state index in [9.17, 15) is 8.78 Å². The second-order valence-electron chi connectivity index (χ2n) is 4.35. The number of aryl methyl sites for hydroxylation is 1. The molecule has 0 amide bonds. The van der Waals surface area contributed by atoms with Crippen LogP contribution in [0.2, 0.25) is 0 Å². The first-order chi connectivity index (χ1) is 8.56. The lowest BCUT2D eigenvalue weighted by Crippen LogP contribution is -2.22. The maximum atomic E-state index is 13.7. The van der Waals surface area contributed by atoms with Crippen LogP contribution in [0.25, 0.3) is 0 Å². The molecular weight excluding hydrogens is 236 g/mol. The van der Waals surface area contributed by atoms with Crippen molar-refractivity contribution in [3.63, 3.8) is 0 Å². The summed E-state index contributed by atoms with van der Waals surface area (Å²) >= 11 is 0. The average molecular weight is 257 g/mol. The molecule has 18 heavy (non-hydrogen) atoms. The van der Waals surface area contributed by atoms with Crippen molar-refractivity contribution in [3.8, 4) is 0 Å². The fourth-order valence-electron chi connectivity index (χ4n) is 1.74. The minimum Gasteiger partial charge on any atom is -0.382 e. The summed E-state index contributed by atoms with van der Waals surface area (Å²) in [7, 11) is 0. The van der Waals surface area contributed by atoms with Crippen LogP contribution >= 0.6 is 0 Å². The first kappa shape index (κ1) is 15.1. The Hall–Kier alpha value is -1.00. The minimum atomic E-state index is -0.366. The third-order valence-electron chi connectivity index (χ3n) is 2.86. The molecule has 0 saturated heterocycles. The first-order valence-electron chi connectivity index (χ1n) is 6.33. The molecular formula is C14H21F2NO. The second-order valence-corrected chi connectivity index (χ2v) is 4.35. The Morgan fingerprint density at radius 1 is 1.28 bits per heavy atom. The van der Waals surface area contributed by atoms with E-state index in [4.69, 9.17) is 4.74 Å². The number of nitrogens with one attached hydrogen (secondary N) is 1. The molecule has 0 saturated carbocycles. The monoisotopic (exact) mass is 257 g/mol. The van der Waals surface area contributed by atoms with Gasteiger partial charge in [0.2, 0.25) is 0 Å². The van der Waals surface area contributed by atoms with Gasteiger partial charge in [0, 0.05) is 24.8 Å². The summed E-state index contributed by atoms with van der Waals surface area (Å²) in [5.41, 5.74) is 0.703. The quantitative estimate of drug-likeness (QED) is 0.756. The molecule has 0 radical (unpaired) electrons. The Morgan fingerprint density at radius 3 is 2.67 bits per heavy atom. The highest BCUT2D eigenvalue weighted by atomic mass is 19.1. The van der Waals surface area contributed by atoms with E-state index < -0.39 is 0 Å². The zero-order chi connectivity index (χ0) is 13.5. The fraction of sp³-hybridized carbons (Fsp3) is 0.571. The van der Waals surface area contributed by atoms with Crippen LogP contribution in [0.3, 0.4) is 0 Å². The highest BCUT2D eigenvalue weighted by Gasteiger charge is 2.13. The summed E-state index contributed by atoms with van der Waals surface area (Å²) in [6, 6.07) is 2.30. The molecule has 4 heteroatoms. The fourth-order valence-corrected chi connectivity index (χ4v) is 1.74. The Kier molecular flexibility index (Phi) is 6.22. The van der Waals surface area contributed by atoms with Gasteiger partial charge in [0.25, 0.3) is 0 Å². The summed E-state index contributed by atoms with van der Waals surface area (Å²) in [6.07, 6.45) is 0.855. The van der Waals surface area contributed by atoms with Gasteiger partial charge >= 0.3 is 0 Å². The van der Waals surface area contributed by atoms with Gasteiger partial charge in [0.15, 0.2) is 0 Å². The van der Waals surface area contributed by atoms with E-state index >= 15 is 0 Å². The van der Waals surface area contributed by atoms with E-state index in [1.165, 1.54) is 12.1 Å². The lowest BCUT2D eigenvalue weighted by Gasteiger charge is -2.15. The van der Waals surface area contributed by atoms with Crippen molar-refractivity contribution in [1.82, 2.24) is 5.32 Å². The van der Waals surface area contributed by atoms with Crippen LogP contribution in [0.4, 0.5) is 8.78 Å². The number of halogens is 2. The van der Waals surface area contributed by atoms with Crippen LogP contribution < -0.4 is 5.32 Å². The van der Waals surface area contributed by atoms with Gasteiger partial charge < -0.3 is 10.1 Å².